The lowest BCUT2D eigenvalue weighted by atomic mass is 10.1. The quantitative estimate of drug-likeness (QED) is 0.572. The van der Waals surface area contributed by atoms with E-state index in [-0.39, 0.29) is 5.91 Å². The minimum absolute atomic E-state index is 0.0888. The van der Waals surface area contributed by atoms with Gasteiger partial charge in [-0.2, -0.15) is 5.26 Å². The number of fused-ring (bicyclic) bond motifs is 1. The SMILES string of the molecule is N#CC(=O)c1ccc2c(c1)NC(=O)CS2. The Kier molecular flexibility index (Phi) is 2.44. The standard InChI is InChI=1S/C10H6N2O2S/c11-4-8(13)6-1-2-9-7(3-6)12-10(14)5-15-9/h1-3H,5H2,(H,12,14). The molecule has 4 nitrogen and oxygen atoms in total. The predicted octanol–water partition coefficient (Wildman–Crippen LogP) is 1.44. The highest BCUT2D eigenvalue weighted by Crippen LogP contribution is 2.31. The third-order valence-corrected chi connectivity index (χ3v) is 3.05. The van der Waals surface area contributed by atoms with E-state index in [4.69, 9.17) is 5.26 Å². The summed E-state index contributed by atoms with van der Waals surface area (Å²) in [4.78, 5) is 23.1. The summed E-state index contributed by atoms with van der Waals surface area (Å²) in [7, 11) is 0. The molecule has 0 radical (unpaired) electrons. The van der Waals surface area contributed by atoms with Crippen molar-refractivity contribution in [2.24, 2.45) is 0 Å². The highest BCUT2D eigenvalue weighted by atomic mass is 32.2. The number of hydrogen-bond donors (Lipinski definition) is 1. The third kappa shape index (κ3) is 1.85. The van der Waals surface area contributed by atoms with Crippen LogP contribution in [-0.2, 0) is 4.79 Å². The van der Waals surface area contributed by atoms with E-state index in [2.05, 4.69) is 5.32 Å². The molecule has 0 spiro atoms. The number of benzene rings is 1. The van der Waals surface area contributed by atoms with Gasteiger partial charge in [0.1, 0.15) is 6.07 Å². The minimum atomic E-state index is -0.595. The van der Waals surface area contributed by atoms with Crippen LogP contribution in [-0.4, -0.2) is 17.4 Å². The molecular weight excluding hydrogens is 212 g/mol. The van der Waals surface area contributed by atoms with Crippen molar-refractivity contribution in [3.05, 3.63) is 23.8 Å². The van der Waals surface area contributed by atoms with Crippen LogP contribution in [0.2, 0.25) is 0 Å². The number of nitrogens with one attached hydrogen (secondary N) is 1. The number of Topliss-reactive ketones (excluding diaryl/α,β-unsaturated/α-hetero) is 1. The third-order valence-electron chi connectivity index (χ3n) is 1.98. The number of nitriles is 1. The summed E-state index contributed by atoms with van der Waals surface area (Å²) >= 11 is 1.42. The van der Waals surface area contributed by atoms with Gasteiger partial charge in [-0.05, 0) is 18.2 Å². The van der Waals surface area contributed by atoms with Gasteiger partial charge in [0.05, 0.1) is 11.4 Å². The van der Waals surface area contributed by atoms with Crippen LogP contribution in [0.1, 0.15) is 10.4 Å². The lowest BCUT2D eigenvalue weighted by molar-refractivity contribution is -0.113. The zero-order valence-corrected chi connectivity index (χ0v) is 8.43. The van der Waals surface area contributed by atoms with Crippen molar-refractivity contribution in [2.45, 2.75) is 4.90 Å². The van der Waals surface area contributed by atoms with Crippen LogP contribution in [0.4, 0.5) is 5.69 Å². The van der Waals surface area contributed by atoms with Gasteiger partial charge in [-0.15, -0.1) is 11.8 Å². The van der Waals surface area contributed by atoms with E-state index in [1.54, 1.807) is 18.2 Å². The van der Waals surface area contributed by atoms with Gasteiger partial charge in [0, 0.05) is 10.5 Å². The van der Waals surface area contributed by atoms with Crippen molar-refractivity contribution in [3.63, 3.8) is 0 Å². The van der Waals surface area contributed by atoms with Gasteiger partial charge in [-0.1, -0.05) is 0 Å². The Morgan fingerprint density at radius 1 is 1.53 bits per heavy atom. The number of hydrogen-bond acceptors (Lipinski definition) is 4. The molecule has 0 fully saturated rings. The van der Waals surface area contributed by atoms with Crippen LogP contribution in [0.15, 0.2) is 23.1 Å². The molecule has 0 atom stereocenters. The molecule has 1 heterocycles. The predicted molar refractivity (Wildman–Crippen MR) is 55.7 cm³/mol. The average Bonchev–Trinajstić information content (AvgIpc) is 2.27. The molecule has 74 valence electrons. The number of nitrogens with zero attached hydrogens (tertiary/aromatic N) is 1. The van der Waals surface area contributed by atoms with Crippen molar-refractivity contribution in [2.75, 3.05) is 11.1 Å². The van der Waals surface area contributed by atoms with Gasteiger partial charge in [-0.25, -0.2) is 0 Å². The molecule has 1 amide bonds. The van der Waals surface area contributed by atoms with Gasteiger partial charge < -0.3 is 5.32 Å². The largest absolute Gasteiger partial charge is 0.324 e. The molecule has 5 heteroatoms. The van der Waals surface area contributed by atoms with Crippen molar-refractivity contribution in [1.82, 2.24) is 0 Å². The van der Waals surface area contributed by atoms with E-state index in [9.17, 15) is 9.59 Å². The number of amides is 1. The van der Waals surface area contributed by atoms with Gasteiger partial charge in [0.25, 0.3) is 5.78 Å². The highest BCUT2D eigenvalue weighted by molar-refractivity contribution is 8.00. The fourth-order valence-corrected chi connectivity index (χ4v) is 2.08. The second-order valence-corrected chi connectivity index (χ2v) is 4.01. The first-order chi connectivity index (χ1) is 7.20. The molecule has 1 aliphatic heterocycles. The highest BCUT2D eigenvalue weighted by Gasteiger charge is 2.16. The minimum Gasteiger partial charge on any atom is -0.324 e. The van der Waals surface area contributed by atoms with Crippen LogP contribution in [0.25, 0.3) is 0 Å². The molecule has 0 aromatic heterocycles. The molecule has 2 rings (SSSR count). The summed E-state index contributed by atoms with van der Waals surface area (Å²) in [5.74, 6) is -0.296. The molecule has 0 saturated heterocycles. The lowest BCUT2D eigenvalue weighted by Crippen LogP contribution is -2.18. The fraction of sp³-hybridized carbons (Fsp3) is 0.100. The summed E-state index contributed by atoms with van der Waals surface area (Å²) < 4.78 is 0. The average molecular weight is 218 g/mol. The van der Waals surface area contributed by atoms with E-state index < -0.39 is 5.78 Å². The molecule has 1 aliphatic rings. The number of anilines is 1. The van der Waals surface area contributed by atoms with Crippen LogP contribution >= 0.6 is 11.8 Å². The first-order valence-corrected chi connectivity index (χ1v) is 5.20. The molecule has 1 aromatic rings. The molecule has 0 bridgehead atoms. The molecular formula is C10H6N2O2S. The number of thioether (sulfide) groups is 1. The van der Waals surface area contributed by atoms with E-state index in [1.165, 1.54) is 17.8 Å². The number of rotatable bonds is 1. The lowest BCUT2D eigenvalue weighted by Gasteiger charge is -2.16. The first kappa shape index (κ1) is 9.74. The summed E-state index contributed by atoms with van der Waals surface area (Å²) in [6.45, 7) is 0. The van der Waals surface area contributed by atoms with E-state index in [1.807, 2.05) is 0 Å². The topological polar surface area (TPSA) is 70.0 Å². The summed E-state index contributed by atoms with van der Waals surface area (Å²) in [6, 6.07) is 6.41. The monoisotopic (exact) mass is 218 g/mol. The smallest absolute Gasteiger partial charge is 0.262 e. The van der Waals surface area contributed by atoms with Crippen molar-refractivity contribution in [3.8, 4) is 6.07 Å². The Bertz CT molecular complexity index is 491. The van der Waals surface area contributed by atoms with Gasteiger partial charge in [-0.3, -0.25) is 9.59 Å². The Balaban J connectivity index is 2.41. The van der Waals surface area contributed by atoms with E-state index in [0.717, 1.165) is 4.90 Å². The maximum absolute atomic E-state index is 11.1. The molecule has 0 saturated carbocycles. The second kappa shape index (κ2) is 3.75. The zero-order chi connectivity index (χ0) is 10.8. The van der Waals surface area contributed by atoms with Gasteiger partial charge in [0.15, 0.2) is 0 Å². The van der Waals surface area contributed by atoms with Crippen molar-refractivity contribution < 1.29 is 9.59 Å². The summed E-state index contributed by atoms with van der Waals surface area (Å²) in [5.41, 5.74) is 0.913. The number of ketones is 1. The summed E-state index contributed by atoms with van der Waals surface area (Å²) in [5, 5.41) is 11.1. The van der Waals surface area contributed by atoms with Crippen molar-refractivity contribution >= 4 is 29.1 Å². The van der Waals surface area contributed by atoms with Crippen LogP contribution < -0.4 is 5.32 Å². The molecule has 15 heavy (non-hydrogen) atoms. The molecule has 1 aromatic carbocycles. The normalized spacial score (nSPS) is 13.7. The number of carbonyl (C=O) groups is 2. The maximum atomic E-state index is 11.1. The Hall–Kier alpha value is -1.80. The molecule has 0 unspecified atom stereocenters. The zero-order valence-electron chi connectivity index (χ0n) is 7.61. The Morgan fingerprint density at radius 3 is 3.07 bits per heavy atom. The second-order valence-electron chi connectivity index (χ2n) is 2.99. The van der Waals surface area contributed by atoms with Gasteiger partial charge in [0.2, 0.25) is 5.91 Å². The summed E-state index contributed by atoms with van der Waals surface area (Å²) in [6.07, 6.45) is 0. The van der Waals surface area contributed by atoms with Crippen LogP contribution in [0, 0.1) is 11.3 Å². The van der Waals surface area contributed by atoms with Gasteiger partial charge >= 0.3 is 0 Å². The number of carbonyl (C=O) groups excluding carboxylic acids is 2. The fourth-order valence-electron chi connectivity index (χ4n) is 1.29. The van der Waals surface area contributed by atoms with Crippen molar-refractivity contribution in [1.29, 1.82) is 5.26 Å². The Morgan fingerprint density at radius 2 is 2.33 bits per heavy atom. The van der Waals surface area contributed by atoms with E-state index in [0.29, 0.717) is 17.0 Å². The van der Waals surface area contributed by atoms with Crippen LogP contribution in [0.3, 0.4) is 0 Å². The van der Waals surface area contributed by atoms with Crippen LogP contribution in [0.5, 0.6) is 0 Å². The maximum Gasteiger partial charge on any atom is 0.262 e. The first-order valence-electron chi connectivity index (χ1n) is 4.22. The molecule has 1 N–H and O–H groups in total. The Labute approximate surface area is 90.3 Å². The van der Waals surface area contributed by atoms with E-state index >= 15 is 0 Å². The molecule has 0 aliphatic carbocycles.